The zero-order valence-electron chi connectivity index (χ0n) is 12.1. The second kappa shape index (κ2) is 120. The molecule has 0 spiro atoms. The van der Waals surface area contributed by atoms with E-state index in [2.05, 4.69) is 0 Å². The summed E-state index contributed by atoms with van der Waals surface area (Å²) in [5.74, 6) is 0. The van der Waals surface area contributed by atoms with Crippen molar-refractivity contribution in [2.45, 2.75) is 0 Å². The monoisotopic (exact) mass is 362 g/mol. The third-order valence-electron chi connectivity index (χ3n) is 0. The normalized spacial score (nSPS) is 3.05. The largest absolute Gasteiger partial charge is 1.00 e. The Kier molecular flexibility index (Phi) is 1670. The van der Waals surface area contributed by atoms with Crippen molar-refractivity contribution in [1.82, 2.24) is 0 Å². The Morgan fingerprint density at radius 3 is 0.474 bits per heavy atom. The van der Waals surface area contributed by atoms with Crippen LogP contribution in [0.25, 0.3) is 0 Å². The molecule has 0 unspecified atom stereocenters. The van der Waals surface area contributed by atoms with Crippen molar-refractivity contribution in [2.75, 3.05) is 0 Å². The molecule has 0 heterocycles. The molecule has 0 aliphatic heterocycles. The Bertz CT molecular complexity index is 107. The van der Waals surface area contributed by atoms with Crippen molar-refractivity contribution in [1.29, 1.82) is 0 Å². The topological polar surface area (TPSA) is 453 Å². The van der Waals surface area contributed by atoms with Gasteiger partial charge in [0.2, 0.25) is 0 Å². The molecule has 19 heavy (non-hydrogen) atoms. The van der Waals surface area contributed by atoms with Gasteiger partial charge in [-0.2, -0.15) is 8.42 Å². The van der Waals surface area contributed by atoms with Crippen molar-refractivity contribution in [3.05, 3.63) is 0 Å². The summed E-state index contributed by atoms with van der Waals surface area (Å²) in [5.41, 5.74) is 0. The van der Waals surface area contributed by atoms with Gasteiger partial charge in [-0.05, 0) is 0 Å². The summed E-state index contributed by atoms with van der Waals surface area (Å²) >= 11 is 0. The zero-order valence-corrected chi connectivity index (χ0v) is 14.9. The first-order valence-electron chi connectivity index (χ1n) is 0.698. The van der Waals surface area contributed by atoms with E-state index in [0.717, 1.165) is 0 Å². The van der Waals surface area contributed by atoms with Crippen LogP contribution in [-0.2, 0) is 10.4 Å². The standard InChI is InChI=1S/2Na.H2O4S.12H2O.2H/c;;1-5(2,3)4;;;;;;;;;;;;;;/h;;(H2,1,2,3,4);12*1H2;;/q2*+1;;;;;;;;;;;;;;2*-1. The maximum Gasteiger partial charge on any atom is 1.00 e. The summed E-state index contributed by atoms with van der Waals surface area (Å²) in [5, 5.41) is 0. The third kappa shape index (κ3) is 3030. The molecule has 0 rings (SSSR count). The van der Waals surface area contributed by atoms with Gasteiger partial charge in [0.1, 0.15) is 0 Å². The minimum atomic E-state index is -4.67. The number of rotatable bonds is 0. The van der Waals surface area contributed by atoms with E-state index in [1.165, 1.54) is 0 Å². The van der Waals surface area contributed by atoms with Crippen molar-refractivity contribution >= 4 is 10.4 Å². The summed E-state index contributed by atoms with van der Waals surface area (Å²) in [4.78, 5) is 0. The molecule has 0 amide bonds. The van der Waals surface area contributed by atoms with Crippen LogP contribution >= 0.6 is 0 Å². The second-order valence-corrected chi connectivity index (χ2v) is 1.34. The summed E-state index contributed by atoms with van der Waals surface area (Å²) in [6, 6.07) is 0. The van der Waals surface area contributed by atoms with Crippen LogP contribution in [-0.4, -0.2) is 83.2 Å². The predicted molar refractivity (Wildman–Crippen MR) is 59.8 cm³/mol. The molecule has 132 valence electrons. The molecule has 26 N–H and O–H groups in total. The van der Waals surface area contributed by atoms with Crippen LogP contribution in [0.3, 0.4) is 0 Å². The van der Waals surface area contributed by atoms with Crippen LogP contribution in [0.1, 0.15) is 2.85 Å². The van der Waals surface area contributed by atoms with Crippen LogP contribution < -0.4 is 59.1 Å². The van der Waals surface area contributed by atoms with E-state index >= 15 is 0 Å². The van der Waals surface area contributed by atoms with Gasteiger partial charge in [0.15, 0.2) is 0 Å². The van der Waals surface area contributed by atoms with Gasteiger partial charge in [0.25, 0.3) is 0 Å². The van der Waals surface area contributed by atoms with E-state index in [-0.39, 0.29) is 128 Å². The quantitative estimate of drug-likeness (QED) is 0.312. The molecule has 0 aromatic rings. The van der Waals surface area contributed by atoms with Gasteiger partial charge in [-0.25, -0.2) is 0 Å². The van der Waals surface area contributed by atoms with E-state index < -0.39 is 10.4 Å². The van der Waals surface area contributed by atoms with E-state index in [4.69, 9.17) is 17.5 Å². The van der Waals surface area contributed by atoms with Crippen LogP contribution in [0.4, 0.5) is 0 Å². The molecule has 0 aromatic heterocycles. The van der Waals surface area contributed by atoms with Crippen molar-refractivity contribution in [2.24, 2.45) is 0 Å². The number of hydrogen-bond acceptors (Lipinski definition) is 2. The molecular formula is H28Na2O16S. The van der Waals surface area contributed by atoms with E-state index in [1.807, 2.05) is 0 Å². The molecule has 16 nitrogen and oxygen atoms in total. The molecule has 0 saturated heterocycles. The van der Waals surface area contributed by atoms with E-state index in [0.29, 0.717) is 0 Å². The van der Waals surface area contributed by atoms with Crippen LogP contribution in [0.2, 0.25) is 0 Å². The molecule has 0 radical (unpaired) electrons. The summed E-state index contributed by atoms with van der Waals surface area (Å²) in [7, 11) is -4.67. The van der Waals surface area contributed by atoms with Gasteiger partial charge < -0.3 is 68.6 Å². The first-order valence-corrected chi connectivity index (χ1v) is 2.10. The van der Waals surface area contributed by atoms with E-state index in [1.54, 1.807) is 0 Å². The first kappa shape index (κ1) is 264. The molecule has 0 fully saturated rings. The Balaban J connectivity index is -0.000000000667. The Morgan fingerprint density at radius 1 is 0.474 bits per heavy atom. The van der Waals surface area contributed by atoms with Crippen LogP contribution in [0, 0.1) is 0 Å². The molecule has 19 heteroatoms. The fourth-order valence-corrected chi connectivity index (χ4v) is 0. The van der Waals surface area contributed by atoms with Crippen molar-refractivity contribution < 1.29 is 145 Å². The van der Waals surface area contributed by atoms with Gasteiger partial charge in [0.05, 0.1) is 0 Å². The maximum absolute atomic E-state index is 8.74. The van der Waals surface area contributed by atoms with Gasteiger partial charge in [-0.15, -0.1) is 0 Å². The second-order valence-electron chi connectivity index (χ2n) is 0.448. The van der Waals surface area contributed by atoms with Crippen LogP contribution in [0.5, 0.6) is 0 Å². The average Bonchev–Trinajstić information content (AvgIpc) is 0.722. The Hall–Kier alpha value is 1.39. The third-order valence-corrected chi connectivity index (χ3v) is 0. The molecule has 0 atom stereocenters. The average molecular weight is 362 g/mol. The van der Waals surface area contributed by atoms with Gasteiger partial charge in [0, 0.05) is 0 Å². The van der Waals surface area contributed by atoms with Gasteiger partial charge in [-0.1, -0.05) is 0 Å². The molecule has 0 saturated carbocycles. The smallest absolute Gasteiger partial charge is 1.00 e. The Labute approximate surface area is 155 Å². The zero-order chi connectivity index (χ0) is 4.50. The first-order chi connectivity index (χ1) is 2.00. The number of hydrogen-bond donors (Lipinski definition) is 2. The van der Waals surface area contributed by atoms with Crippen molar-refractivity contribution in [3.63, 3.8) is 0 Å². The fraction of sp³-hybridized carbons (Fsp3) is 0. The molecule has 0 aromatic carbocycles. The molecular weight excluding hydrogens is 334 g/mol. The summed E-state index contributed by atoms with van der Waals surface area (Å²) in [6.07, 6.45) is 0. The summed E-state index contributed by atoms with van der Waals surface area (Å²) < 4.78 is 31.6. The van der Waals surface area contributed by atoms with Crippen LogP contribution in [0.15, 0.2) is 0 Å². The van der Waals surface area contributed by atoms with Gasteiger partial charge in [-0.3, -0.25) is 9.11 Å². The SMILES string of the molecule is O.O.O.O.O.O.O.O.O.O.O.O.O=S(=O)(O)O.[H-].[H-].[Na+].[Na+]. The molecule has 0 bridgehead atoms. The minimum absolute atomic E-state index is 0. The van der Waals surface area contributed by atoms with Crippen molar-refractivity contribution in [3.8, 4) is 0 Å². The predicted octanol–water partition coefficient (Wildman–Crippen LogP) is -16.3. The molecule has 0 aliphatic rings. The van der Waals surface area contributed by atoms with E-state index in [9.17, 15) is 0 Å². The fourth-order valence-electron chi connectivity index (χ4n) is 0. The Morgan fingerprint density at radius 2 is 0.474 bits per heavy atom. The summed E-state index contributed by atoms with van der Waals surface area (Å²) in [6.45, 7) is 0. The maximum atomic E-state index is 8.74. The minimum Gasteiger partial charge on any atom is -1.00 e. The molecule has 0 aliphatic carbocycles. The van der Waals surface area contributed by atoms with Gasteiger partial charge >= 0.3 is 69.5 Å².